The van der Waals surface area contributed by atoms with Crippen molar-refractivity contribution in [1.82, 2.24) is 4.98 Å². The summed E-state index contributed by atoms with van der Waals surface area (Å²) in [5.41, 5.74) is 1.57. The van der Waals surface area contributed by atoms with Crippen molar-refractivity contribution in [1.29, 1.82) is 0 Å². The second-order valence-electron chi connectivity index (χ2n) is 3.88. The maximum atomic E-state index is 12.1. The van der Waals surface area contributed by atoms with Crippen molar-refractivity contribution in [2.75, 3.05) is 5.75 Å². The van der Waals surface area contributed by atoms with E-state index >= 15 is 0 Å². The molecule has 0 radical (unpaired) electrons. The number of fused-ring (bicyclic) bond motifs is 1. The Labute approximate surface area is 110 Å². The van der Waals surface area contributed by atoms with Crippen molar-refractivity contribution in [3.63, 3.8) is 0 Å². The van der Waals surface area contributed by atoms with Crippen molar-refractivity contribution in [2.45, 2.75) is 11.3 Å². The predicted octanol–water partition coefficient (Wildman–Crippen LogP) is 3.20. The van der Waals surface area contributed by atoms with Crippen LogP contribution in [0.4, 0.5) is 0 Å². The molecule has 18 heavy (non-hydrogen) atoms. The lowest BCUT2D eigenvalue weighted by Gasteiger charge is -1.96. The number of nitrogens with zero attached hydrogens (tertiary/aromatic N) is 1. The third kappa shape index (κ3) is 2.68. The Kier molecular flexibility index (Phi) is 3.63. The molecule has 0 atom stereocenters. The highest BCUT2D eigenvalue weighted by atomic mass is 32.2. The van der Waals surface area contributed by atoms with Gasteiger partial charge < -0.3 is 0 Å². The molecule has 0 N–H and O–H groups in total. The van der Waals surface area contributed by atoms with Gasteiger partial charge in [0.2, 0.25) is 14.2 Å². The van der Waals surface area contributed by atoms with Gasteiger partial charge in [-0.25, -0.2) is 13.4 Å². The molecule has 0 saturated carbocycles. The van der Waals surface area contributed by atoms with Gasteiger partial charge in [-0.1, -0.05) is 36.4 Å². The molecule has 2 rings (SSSR count). The van der Waals surface area contributed by atoms with E-state index < -0.39 is 9.84 Å². The molecular weight excluding hydrogens is 266 g/mol. The van der Waals surface area contributed by atoms with E-state index in [1.54, 1.807) is 12.2 Å². The molecule has 0 spiro atoms. The van der Waals surface area contributed by atoms with Gasteiger partial charge in [-0.3, -0.25) is 0 Å². The van der Waals surface area contributed by atoms with Crippen LogP contribution in [0.1, 0.15) is 6.92 Å². The highest BCUT2D eigenvalue weighted by molar-refractivity contribution is 7.93. The molecule has 94 valence electrons. The van der Waals surface area contributed by atoms with Crippen molar-refractivity contribution in [3.05, 3.63) is 48.6 Å². The molecule has 3 nitrogen and oxygen atoms in total. The molecule has 0 aliphatic heterocycles. The van der Waals surface area contributed by atoms with Gasteiger partial charge in [0.25, 0.3) is 0 Å². The number of hydrogen-bond donors (Lipinski definition) is 0. The zero-order valence-corrected chi connectivity index (χ0v) is 11.6. The second kappa shape index (κ2) is 5.04. The Hall–Kier alpha value is -1.46. The summed E-state index contributed by atoms with van der Waals surface area (Å²) in [6.07, 6.45) is 3.28. The molecular formula is C13H13NO2S2. The first kappa shape index (κ1) is 13.0. The molecule has 0 unspecified atom stereocenters. The standard InChI is InChI=1S/C13H13NO2S2/c1-3-10(2)8-9-18(15,16)13-14-11-6-4-5-7-12(11)17-13/h3-8H,1,9H2,2H3/b10-8+. The maximum Gasteiger partial charge on any atom is 0.210 e. The number of thiazole rings is 1. The van der Waals surface area contributed by atoms with Crippen LogP contribution in [0.2, 0.25) is 0 Å². The van der Waals surface area contributed by atoms with E-state index in [2.05, 4.69) is 11.6 Å². The van der Waals surface area contributed by atoms with Gasteiger partial charge >= 0.3 is 0 Å². The van der Waals surface area contributed by atoms with E-state index in [-0.39, 0.29) is 10.1 Å². The summed E-state index contributed by atoms with van der Waals surface area (Å²) in [6, 6.07) is 7.41. The first-order chi connectivity index (χ1) is 8.53. The smallest absolute Gasteiger partial charge is 0.210 e. The van der Waals surface area contributed by atoms with Crippen LogP contribution in [0, 0.1) is 0 Å². The van der Waals surface area contributed by atoms with Crippen LogP contribution in [0.5, 0.6) is 0 Å². The van der Waals surface area contributed by atoms with Gasteiger partial charge in [0, 0.05) is 0 Å². The Morgan fingerprint density at radius 3 is 2.83 bits per heavy atom. The number of para-hydroxylation sites is 1. The lowest BCUT2D eigenvalue weighted by molar-refractivity contribution is 0.598. The fourth-order valence-electron chi connectivity index (χ4n) is 1.38. The molecule has 1 heterocycles. The highest BCUT2D eigenvalue weighted by Gasteiger charge is 2.18. The molecule has 5 heteroatoms. The fourth-order valence-corrected chi connectivity index (χ4v) is 3.92. The first-order valence-corrected chi connectivity index (χ1v) is 7.87. The maximum absolute atomic E-state index is 12.1. The van der Waals surface area contributed by atoms with Crippen LogP contribution in [0.3, 0.4) is 0 Å². The average Bonchev–Trinajstić information content (AvgIpc) is 2.80. The van der Waals surface area contributed by atoms with Gasteiger partial charge in [0.05, 0.1) is 16.0 Å². The summed E-state index contributed by atoms with van der Waals surface area (Å²) in [4.78, 5) is 4.16. The predicted molar refractivity (Wildman–Crippen MR) is 75.6 cm³/mol. The van der Waals surface area contributed by atoms with Crippen LogP contribution in [0.25, 0.3) is 10.2 Å². The van der Waals surface area contributed by atoms with E-state index in [1.165, 1.54) is 11.3 Å². The topological polar surface area (TPSA) is 47.0 Å². The summed E-state index contributed by atoms with van der Waals surface area (Å²) < 4.78 is 25.2. The van der Waals surface area contributed by atoms with Gasteiger partial charge in [-0.2, -0.15) is 0 Å². The minimum Gasteiger partial charge on any atom is -0.225 e. The van der Waals surface area contributed by atoms with Crippen LogP contribution in [0.15, 0.2) is 52.9 Å². The molecule has 1 aromatic heterocycles. The largest absolute Gasteiger partial charge is 0.225 e. The second-order valence-corrected chi connectivity index (χ2v) is 7.12. The Balaban J connectivity index is 2.38. The summed E-state index contributed by atoms with van der Waals surface area (Å²) >= 11 is 1.21. The number of aromatic nitrogens is 1. The molecule has 0 amide bonds. The highest BCUT2D eigenvalue weighted by Crippen LogP contribution is 2.25. The molecule has 2 aromatic rings. The van der Waals surface area contributed by atoms with Crippen molar-refractivity contribution >= 4 is 31.4 Å². The van der Waals surface area contributed by atoms with E-state index in [0.29, 0.717) is 0 Å². The van der Waals surface area contributed by atoms with Gasteiger partial charge in [0.15, 0.2) is 0 Å². The molecule has 0 bridgehead atoms. The fraction of sp³-hybridized carbons (Fsp3) is 0.154. The minimum absolute atomic E-state index is 0.0370. The molecule has 0 fully saturated rings. The molecule has 1 aromatic carbocycles. The lowest BCUT2D eigenvalue weighted by Crippen LogP contribution is -2.04. The van der Waals surface area contributed by atoms with Crippen LogP contribution < -0.4 is 0 Å². The van der Waals surface area contributed by atoms with Crippen LogP contribution in [-0.2, 0) is 9.84 Å². The van der Waals surface area contributed by atoms with E-state index in [4.69, 9.17) is 0 Å². The summed E-state index contributed by atoms with van der Waals surface area (Å²) in [7, 11) is -3.34. The third-order valence-corrected chi connectivity index (χ3v) is 5.56. The Morgan fingerprint density at radius 2 is 2.17 bits per heavy atom. The number of hydrogen-bond acceptors (Lipinski definition) is 4. The molecule has 0 saturated heterocycles. The van der Waals surface area contributed by atoms with Gasteiger partial charge in [0.1, 0.15) is 0 Å². The third-order valence-electron chi connectivity index (χ3n) is 2.49. The average molecular weight is 279 g/mol. The molecule has 0 aliphatic carbocycles. The number of allylic oxidation sites excluding steroid dienone is 2. The monoisotopic (exact) mass is 279 g/mol. The zero-order valence-electron chi connectivity index (χ0n) is 9.96. The van der Waals surface area contributed by atoms with E-state index in [0.717, 1.165) is 15.8 Å². The summed E-state index contributed by atoms with van der Waals surface area (Å²) in [6.45, 7) is 5.41. The number of benzene rings is 1. The Morgan fingerprint density at radius 1 is 1.44 bits per heavy atom. The SMILES string of the molecule is C=C/C(C)=C/CS(=O)(=O)c1nc2ccccc2s1. The Bertz CT molecular complexity index is 678. The van der Waals surface area contributed by atoms with Crippen LogP contribution in [-0.4, -0.2) is 19.2 Å². The van der Waals surface area contributed by atoms with Gasteiger partial charge in [-0.05, 0) is 19.1 Å². The zero-order chi connectivity index (χ0) is 13.2. The van der Waals surface area contributed by atoms with E-state index in [1.807, 2.05) is 31.2 Å². The first-order valence-electron chi connectivity index (χ1n) is 5.40. The lowest BCUT2D eigenvalue weighted by atomic mass is 10.3. The van der Waals surface area contributed by atoms with Crippen LogP contribution >= 0.6 is 11.3 Å². The van der Waals surface area contributed by atoms with Crippen molar-refractivity contribution in [2.24, 2.45) is 0 Å². The quantitative estimate of drug-likeness (QED) is 0.807. The molecule has 0 aliphatic rings. The van der Waals surface area contributed by atoms with Gasteiger partial charge in [-0.15, -0.1) is 11.3 Å². The van der Waals surface area contributed by atoms with Crippen molar-refractivity contribution < 1.29 is 8.42 Å². The summed E-state index contributed by atoms with van der Waals surface area (Å²) in [5, 5.41) is 0. The number of rotatable bonds is 4. The minimum atomic E-state index is -3.34. The number of sulfone groups is 1. The normalized spacial score (nSPS) is 12.8. The summed E-state index contributed by atoms with van der Waals surface area (Å²) in [5.74, 6) is -0.0370. The van der Waals surface area contributed by atoms with E-state index in [9.17, 15) is 8.42 Å². The van der Waals surface area contributed by atoms with Crippen molar-refractivity contribution in [3.8, 4) is 0 Å².